The first-order valence-electron chi connectivity index (χ1n) is 3.42. The van der Waals surface area contributed by atoms with Gasteiger partial charge >= 0.3 is 0 Å². The fourth-order valence-corrected chi connectivity index (χ4v) is 0.535. The van der Waals surface area contributed by atoms with Crippen LogP contribution < -0.4 is 0 Å². The van der Waals surface area contributed by atoms with Gasteiger partial charge in [0.1, 0.15) is 0 Å². The lowest BCUT2D eigenvalue weighted by molar-refractivity contribution is 0.572. The lowest BCUT2D eigenvalue weighted by Crippen LogP contribution is -1.86. The van der Waals surface area contributed by atoms with E-state index >= 15 is 0 Å². The Kier molecular flexibility index (Phi) is 55.7. The Bertz CT molecular complexity index is 62.4. The Morgan fingerprint density at radius 2 is 1.50 bits per heavy atom. The number of hydrogen-bond acceptors (Lipinski definition) is 0. The largest absolute Gasteiger partial charge is 0.0917 e. The normalized spacial score (nSPS) is 9.92. The van der Waals surface area contributed by atoms with Crippen LogP contribution in [0.15, 0.2) is 12.2 Å². The van der Waals surface area contributed by atoms with E-state index in [4.69, 9.17) is 0 Å². The van der Waals surface area contributed by atoms with Crippen LogP contribution in [0.2, 0.25) is 0 Å². The summed E-state index contributed by atoms with van der Waals surface area (Å²) in [4.78, 5) is 0. The summed E-state index contributed by atoms with van der Waals surface area (Å²) in [7, 11) is 0. The van der Waals surface area contributed by atoms with E-state index in [1.54, 1.807) is 0 Å². The van der Waals surface area contributed by atoms with Crippen LogP contribution in [-0.4, -0.2) is 0 Å². The van der Waals surface area contributed by atoms with E-state index < -0.39 is 0 Å². The Labute approximate surface area is 82.1 Å². The summed E-state index contributed by atoms with van der Waals surface area (Å²) < 4.78 is 0. The molecular formula is C12H32. The van der Waals surface area contributed by atoms with Crippen LogP contribution >= 0.6 is 0 Å². The molecule has 0 heterocycles. The lowest BCUT2D eigenvalue weighted by Gasteiger charge is -2.00. The molecule has 0 fully saturated rings. The number of rotatable bonds is 3. The number of allylic oxidation sites excluding steroid dienone is 2. The highest BCUT2D eigenvalue weighted by atomic mass is 14.0. The summed E-state index contributed by atoms with van der Waals surface area (Å²) in [6, 6.07) is 0. The van der Waals surface area contributed by atoms with Gasteiger partial charge in [-0.3, -0.25) is 0 Å². The first-order valence-corrected chi connectivity index (χ1v) is 3.42. The summed E-state index contributed by atoms with van der Waals surface area (Å²) in [5.41, 5.74) is 0. The first-order chi connectivity index (χ1) is 3.81. The van der Waals surface area contributed by atoms with Gasteiger partial charge in [-0.25, -0.2) is 0 Å². The molecule has 0 N–H and O–H groups in total. The zero-order valence-corrected chi connectivity index (χ0v) is 6.15. The van der Waals surface area contributed by atoms with Crippen LogP contribution in [0.1, 0.15) is 63.3 Å². The van der Waals surface area contributed by atoms with Crippen LogP contribution in [0.25, 0.3) is 0 Å². The molecule has 0 aromatic heterocycles. The topological polar surface area (TPSA) is 0 Å². The van der Waals surface area contributed by atoms with Gasteiger partial charge in [0, 0.05) is 0 Å². The smallest absolute Gasteiger partial charge is 0.0325 e. The van der Waals surface area contributed by atoms with Crippen LogP contribution in [0, 0.1) is 5.92 Å². The maximum atomic E-state index is 2.28. The highest BCUT2D eigenvalue weighted by Gasteiger charge is 1.91. The molecule has 1 unspecified atom stereocenters. The van der Waals surface area contributed by atoms with E-state index in [0.717, 1.165) is 5.92 Å². The molecule has 0 amide bonds. The third-order valence-corrected chi connectivity index (χ3v) is 1.47. The third-order valence-electron chi connectivity index (χ3n) is 1.47. The molecule has 0 saturated carbocycles. The molecule has 0 radical (unpaired) electrons. The maximum absolute atomic E-state index is 2.28. The monoisotopic (exact) mass is 176 g/mol. The summed E-state index contributed by atoms with van der Waals surface area (Å²) in [6.45, 7) is 6.58. The first kappa shape index (κ1) is 29.8. The van der Waals surface area contributed by atoms with Gasteiger partial charge in [-0.1, -0.05) is 62.1 Å². The molecule has 0 aliphatic rings. The minimum atomic E-state index is 0. The molecule has 1 atom stereocenters. The van der Waals surface area contributed by atoms with E-state index in [1.165, 1.54) is 12.8 Å². The second kappa shape index (κ2) is 22.4. The average molecular weight is 176 g/mol. The summed E-state index contributed by atoms with van der Waals surface area (Å²) in [5.74, 6) is 0.867. The molecule has 0 saturated heterocycles. The highest BCUT2D eigenvalue weighted by molar-refractivity contribution is 4.78. The van der Waals surface area contributed by atoms with Crippen LogP contribution in [-0.2, 0) is 0 Å². The van der Waals surface area contributed by atoms with Gasteiger partial charge in [0.2, 0.25) is 0 Å². The van der Waals surface area contributed by atoms with Crippen molar-refractivity contribution in [2.75, 3.05) is 0 Å². The van der Waals surface area contributed by atoms with Crippen molar-refractivity contribution in [2.45, 2.75) is 63.3 Å². The minimum Gasteiger partial charge on any atom is -0.0917 e. The molecule has 0 aromatic rings. The van der Waals surface area contributed by atoms with Gasteiger partial charge in [-0.05, 0) is 19.3 Å². The standard InChI is InChI=1S/C8H16.4CH4/c1-4-6-7-8(3)5-2;;;;/h4,6,8H,5,7H2,1-3H3;4*1H4. The Morgan fingerprint density at radius 1 is 1.08 bits per heavy atom. The molecule has 0 aliphatic heterocycles. The molecule has 12 heavy (non-hydrogen) atoms. The van der Waals surface area contributed by atoms with Gasteiger partial charge in [0.25, 0.3) is 0 Å². The van der Waals surface area contributed by atoms with Gasteiger partial charge in [0.15, 0.2) is 0 Å². The van der Waals surface area contributed by atoms with Crippen LogP contribution in [0.4, 0.5) is 0 Å². The van der Waals surface area contributed by atoms with E-state index in [0.29, 0.717) is 0 Å². The molecule has 0 heteroatoms. The van der Waals surface area contributed by atoms with Crippen molar-refractivity contribution in [3.05, 3.63) is 12.2 Å². The predicted molar refractivity (Wildman–Crippen MR) is 65.8 cm³/mol. The molecule has 0 rings (SSSR count). The van der Waals surface area contributed by atoms with E-state index in [-0.39, 0.29) is 29.7 Å². The Hall–Kier alpha value is -0.260. The summed E-state index contributed by atoms with van der Waals surface area (Å²) >= 11 is 0. The second-order valence-corrected chi connectivity index (χ2v) is 2.32. The van der Waals surface area contributed by atoms with Crippen molar-refractivity contribution in [1.29, 1.82) is 0 Å². The average Bonchev–Trinajstić information content (AvgIpc) is 1.83. The Balaban J connectivity index is -0.0000000408. The quantitative estimate of drug-likeness (QED) is 0.495. The summed E-state index contributed by atoms with van der Waals surface area (Å²) in [6.07, 6.45) is 6.89. The van der Waals surface area contributed by atoms with Crippen molar-refractivity contribution in [1.82, 2.24) is 0 Å². The van der Waals surface area contributed by atoms with Gasteiger partial charge in [0.05, 0.1) is 0 Å². The molecule has 80 valence electrons. The van der Waals surface area contributed by atoms with Crippen molar-refractivity contribution in [2.24, 2.45) is 5.92 Å². The third kappa shape index (κ3) is 22.6. The van der Waals surface area contributed by atoms with Gasteiger partial charge in [-0.2, -0.15) is 0 Å². The maximum Gasteiger partial charge on any atom is -0.0325 e. The zero-order chi connectivity index (χ0) is 6.41. The second-order valence-electron chi connectivity index (χ2n) is 2.32. The van der Waals surface area contributed by atoms with E-state index in [2.05, 4.69) is 32.9 Å². The molecule has 0 aromatic carbocycles. The Morgan fingerprint density at radius 3 is 1.75 bits per heavy atom. The molecule has 0 bridgehead atoms. The molecular weight excluding hydrogens is 144 g/mol. The molecule has 0 spiro atoms. The molecule has 0 nitrogen and oxygen atoms in total. The fraction of sp³-hybridized carbons (Fsp3) is 0.833. The van der Waals surface area contributed by atoms with Crippen molar-refractivity contribution < 1.29 is 0 Å². The van der Waals surface area contributed by atoms with Gasteiger partial charge in [-0.15, -0.1) is 0 Å². The van der Waals surface area contributed by atoms with E-state index in [1.807, 2.05) is 0 Å². The SMILES string of the molecule is C.C.C.C.CC=CCC(C)CC. The highest BCUT2D eigenvalue weighted by Crippen LogP contribution is 2.05. The zero-order valence-electron chi connectivity index (χ0n) is 6.15. The van der Waals surface area contributed by atoms with E-state index in [9.17, 15) is 0 Å². The fourth-order valence-electron chi connectivity index (χ4n) is 0.535. The number of hydrogen-bond donors (Lipinski definition) is 0. The van der Waals surface area contributed by atoms with Crippen molar-refractivity contribution >= 4 is 0 Å². The van der Waals surface area contributed by atoms with Crippen LogP contribution in [0.5, 0.6) is 0 Å². The van der Waals surface area contributed by atoms with Crippen molar-refractivity contribution in [3.8, 4) is 0 Å². The van der Waals surface area contributed by atoms with Crippen LogP contribution in [0.3, 0.4) is 0 Å². The minimum absolute atomic E-state index is 0. The van der Waals surface area contributed by atoms with Crippen molar-refractivity contribution in [3.63, 3.8) is 0 Å². The van der Waals surface area contributed by atoms with Gasteiger partial charge < -0.3 is 0 Å². The molecule has 0 aliphatic carbocycles. The summed E-state index contributed by atoms with van der Waals surface area (Å²) in [5, 5.41) is 0. The predicted octanol–water partition coefficient (Wildman–Crippen LogP) is 5.54. The lowest BCUT2D eigenvalue weighted by atomic mass is 10.1.